The Labute approximate surface area is 186 Å². The number of halogens is 2. The molecule has 3 rings (SSSR count). The van der Waals surface area contributed by atoms with Gasteiger partial charge in [0.2, 0.25) is 11.8 Å². The summed E-state index contributed by atoms with van der Waals surface area (Å²) in [6.07, 6.45) is 2.94. The Hall–Kier alpha value is -2.84. The zero-order valence-electron chi connectivity index (χ0n) is 16.3. The Morgan fingerprint density at radius 3 is 2.60 bits per heavy atom. The van der Waals surface area contributed by atoms with Crippen molar-refractivity contribution in [2.75, 3.05) is 4.90 Å². The van der Waals surface area contributed by atoms with Crippen molar-refractivity contribution in [1.29, 1.82) is 0 Å². The van der Waals surface area contributed by atoms with Crippen LogP contribution in [0.4, 0.5) is 15.2 Å². The molecule has 154 valence electrons. The highest BCUT2D eigenvalue weighted by molar-refractivity contribution is 9.10. The average molecular weight is 488 g/mol. The number of para-hydroxylation sites is 1. The minimum atomic E-state index is -0.513. The molecule has 30 heavy (non-hydrogen) atoms. The SMILES string of the molecule is CC(=O)N(c1nc(/C=C/C(=O)NC(C)c2ccccc2Br)cs1)c1ccccc1F. The maximum absolute atomic E-state index is 14.1. The van der Waals surface area contributed by atoms with Gasteiger partial charge < -0.3 is 5.32 Å². The predicted molar refractivity (Wildman–Crippen MR) is 121 cm³/mol. The molecule has 0 aliphatic rings. The fourth-order valence-electron chi connectivity index (χ4n) is 2.82. The molecule has 0 aliphatic carbocycles. The van der Waals surface area contributed by atoms with Gasteiger partial charge in [-0.05, 0) is 36.8 Å². The molecule has 0 bridgehead atoms. The topological polar surface area (TPSA) is 62.3 Å². The summed E-state index contributed by atoms with van der Waals surface area (Å²) in [6, 6.07) is 13.5. The van der Waals surface area contributed by atoms with E-state index in [2.05, 4.69) is 26.2 Å². The fraction of sp³-hybridized carbons (Fsp3) is 0.136. The molecule has 0 saturated heterocycles. The number of benzene rings is 2. The quantitative estimate of drug-likeness (QED) is 0.459. The molecule has 0 spiro atoms. The Balaban J connectivity index is 1.72. The van der Waals surface area contributed by atoms with Crippen LogP contribution in [-0.4, -0.2) is 16.8 Å². The summed E-state index contributed by atoms with van der Waals surface area (Å²) in [6.45, 7) is 3.24. The van der Waals surface area contributed by atoms with E-state index in [0.29, 0.717) is 10.8 Å². The first-order valence-corrected chi connectivity index (χ1v) is 10.8. The van der Waals surface area contributed by atoms with Crippen LogP contribution < -0.4 is 10.2 Å². The predicted octanol–water partition coefficient (Wildman–Crippen LogP) is 5.62. The van der Waals surface area contributed by atoms with Gasteiger partial charge in [0.25, 0.3) is 0 Å². The standard InChI is InChI=1S/C22H19BrFN3O2S/c1-14(17-7-3-4-8-18(17)23)25-21(29)12-11-16-13-30-22(26-16)27(15(2)28)20-10-6-5-9-19(20)24/h3-14H,1-2H3,(H,25,29)/b12-11+. The van der Waals surface area contributed by atoms with Crippen LogP contribution in [0.15, 0.2) is 64.5 Å². The van der Waals surface area contributed by atoms with E-state index in [1.54, 1.807) is 23.6 Å². The van der Waals surface area contributed by atoms with Gasteiger partial charge in [-0.2, -0.15) is 0 Å². The fourth-order valence-corrected chi connectivity index (χ4v) is 4.30. The van der Waals surface area contributed by atoms with Crippen molar-refractivity contribution in [3.63, 3.8) is 0 Å². The van der Waals surface area contributed by atoms with E-state index in [1.165, 1.54) is 41.4 Å². The van der Waals surface area contributed by atoms with Crippen molar-refractivity contribution in [3.05, 3.63) is 81.5 Å². The summed E-state index contributed by atoms with van der Waals surface area (Å²) in [5.74, 6) is -1.14. The van der Waals surface area contributed by atoms with Crippen LogP contribution in [0.3, 0.4) is 0 Å². The van der Waals surface area contributed by atoms with Crippen LogP contribution in [0.5, 0.6) is 0 Å². The number of nitrogens with one attached hydrogen (secondary N) is 1. The molecule has 8 heteroatoms. The maximum atomic E-state index is 14.1. The van der Waals surface area contributed by atoms with Gasteiger partial charge in [0.15, 0.2) is 5.13 Å². The number of anilines is 2. The number of carbonyl (C=O) groups excluding carboxylic acids is 2. The number of amides is 2. The minimum absolute atomic E-state index is 0.134. The molecular formula is C22H19BrFN3O2S. The van der Waals surface area contributed by atoms with Crippen molar-refractivity contribution in [3.8, 4) is 0 Å². The van der Waals surface area contributed by atoms with Crippen molar-refractivity contribution in [1.82, 2.24) is 10.3 Å². The molecule has 2 aromatic carbocycles. The molecule has 0 saturated carbocycles. The zero-order chi connectivity index (χ0) is 21.7. The van der Waals surface area contributed by atoms with E-state index < -0.39 is 5.82 Å². The Morgan fingerprint density at radius 2 is 1.90 bits per heavy atom. The molecule has 1 unspecified atom stereocenters. The number of hydrogen-bond donors (Lipinski definition) is 1. The van der Waals surface area contributed by atoms with Crippen LogP contribution in [0, 0.1) is 5.82 Å². The number of aromatic nitrogens is 1. The highest BCUT2D eigenvalue weighted by Crippen LogP contribution is 2.31. The van der Waals surface area contributed by atoms with E-state index in [0.717, 1.165) is 10.0 Å². The highest BCUT2D eigenvalue weighted by Gasteiger charge is 2.20. The smallest absolute Gasteiger partial charge is 0.244 e. The summed E-state index contributed by atoms with van der Waals surface area (Å²) < 4.78 is 15.1. The van der Waals surface area contributed by atoms with Crippen molar-refractivity contribution >= 4 is 56.0 Å². The average Bonchev–Trinajstić information content (AvgIpc) is 3.16. The Kier molecular flexibility index (Phi) is 7.12. The summed E-state index contributed by atoms with van der Waals surface area (Å²) in [7, 11) is 0. The molecule has 2 amide bonds. The van der Waals surface area contributed by atoms with Crippen LogP contribution in [0.2, 0.25) is 0 Å². The highest BCUT2D eigenvalue weighted by atomic mass is 79.9. The molecule has 0 radical (unpaired) electrons. The van der Waals surface area contributed by atoms with Crippen LogP contribution in [-0.2, 0) is 9.59 Å². The van der Waals surface area contributed by atoms with E-state index in [-0.39, 0.29) is 23.5 Å². The second-order valence-corrected chi connectivity index (χ2v) is 8.14. The molecular weight excluding hydrogens is 469 g/mol. The lowest BCUT2D eigenvalue weighted by Crippen LogP contribution is -2.24. The van der Waals surface area contributed by atoms with Gasteiger partial charge in [-0.25, -0.2) is 9.37 Å². The summed E-state index contributed by atoms with van der Waals surface area (Å²) >= 11 is 4.67. The second kappa shape index (κ2) is 9.77. The summed E-state index contributed by atoms with van der Waals surface area (Å²) in [5.41, 5.74) is 1.60. The lowest BCUT2D eigenvalue weighted by atomic mass is 10.1. The van der Waals surface area contributed by atoms with E-state index in [9.17, 15) is 14.0 Å². The molecule has 1 heterocycles. The van der Waals surface area contributed by atoms with Gasteiger partial charge in [0.1, 0.15) is 5.82 Å². The number of hydrogen-bond acceptors (Lipinski definition) is 4. The zero-order valence-corrected chi connectivity index (χ0v) is 18.7. The van der Waals surface area contributed by atoms with E-state index >= 15 is 0 Å². The van der Waals surface area contributed by atoms with Crippen LogP contribution in [0.25, 0.3) is 6.08 Å². The van der Waals surface area contributed by atoms with E-state index in [4.69, 9.17) is 0 Å². The third-order valence-corrected chi connectivity index (χ3v) is 5.81. The minimum Gasteiger partial charge on any atom is -0.346 e. The van der Waals surface area contributed by atoms with E-state index in [1.807, 2.05) is 31.2 Å². The van der Waals surface area contributed by atoms with Gasteiger partial charge in [-0.1, -0.05) is 46.3 Å². The molecule has 1 atom stereocenters. The van der Waals surface area contributed by atoms with Gasteiger partial charge in [0, 0.05) is 22.9 Å². The summed E-state index contributed by atoms with van der Waals surface area (Å²) in [5, 5.41) is 4.92. The first-order valence-electron chi connectivity index (χ1n) is 9.10. The monoisotopic (exact) mass is 487 g/mol. The third kappa shape index (κ3) is 5.20. The van der Waals surface area contributed by atoms with Crippen molar-refractivity contribution in [2.45, 2.75) is 19.9 Å². The van der Waals surface area contributed by atoms with Gasteiger partial charge >= 0.3 is 0 Å². The van der Waals surface area contributed by atoms with Gasteiger partial charge in [-0.15, -0.1) is 11.3 Å². The number of carbonyl (C=O) groups is 2. The lowest BCUT2D eigenvalue weighted by Gasteiger charge is -2.18. The summed E-state index contributed by atoms with van der Waals surface area (Å²) in [4.78, 5) is 29.9. The second-order valence-electron chi connectivity index (χ2n) is 6.45. The number of nitrogens with zero attached hydrogens (tertiary/aromatic N) is 2. The molecule has 0 fully saturated rings. The van der Waals surface area contributed by atoms with Gasteiger partial charge in [-0.3, -0.25) is 14.5 Å². The van der Waals surface area contributed by atoms with Crippen LogP contribution in [0.1, 0.15) is 31.1 Å². The van der Waals surface area contributed by atoms with Crippen LogP contribution >= 0.6 is 27.3 Å². The lowest BCUT2D eigenvalue weighted by molar-refractivity contribution is -0.117. The molecule has 0 aliphatic heterocycles. The first kappa shape index (κ1) is 21.9. The Bertz CT molecular complexity index is 1100. The molecule has 5 nitrogen and oxygen atoms in total. The molecule has 1 N–H and O–H groups in total. The Morgan fingerprint density at radius 1 is 1.20 bits per heavy atom. The van der Waals surface area contributed by atoms with Gasteiger partial charge in [0.05, 0.1) is 17.4 Å². The van der Waals surface area contributed by atoms with Crippen molar-refractivity contribution in [2.24, 2.45) is 0 Å². The van der Waals surface area contributed by atoms with Crippen molar-refractivity contribution < 1.29 is 14.0 Å². The first-order chi connectivity index (χ1) is 14.4. The number of rotatable bonds is 6. The molecule has 1 aromatic heterocycles. The largest absolute Gasteiger partial charge is 0.346 e. The molecule has 3 aromatic rings. The number of thiazole rings is 1. The normalized spacial score (nSPS) is 12.0. The third-order valence-electron chi connectivity index (χ3n) is 4.25. The maximum Gasteiger partial charge on any atom is 0.244 e.